The normalized spacial score (nSPS) is 12.2. The number of ether oxygens (including phenoxy) is 1. The lowest BCUT2D eigenvalue weighted by molar-refractivity contribution is 0.413. The van der Waals surface area contributed by atoms with Gasteiger partial charge in [0, 0.05) is 11.8 Å². The van der Waals surface area contributed by atoms with Crippen LogP contribution in [0.5, 0.6) is 5.75 Å². The molecule has 9 heteroatoms. The number of hydrogen-bond donors (Lipinski definition) is 1. The maximum absolute atomic E-state index is 13.3. The van der Waals surface area contributed by atoms with E-state index >= 15 is 0 Å². The van der Waals surface area contributed by atoms with E-state index < -0.39 is 0 Å². The molecule has 0 bridgehead atoms. The number of nitrogens with zero attached hydrogens (tertiary/aromatic N) is 5. The van der Waals surface area contributed by atoms with Crippen molar-refractivity contribution in [3.63, 3.8) is 0 Å². The predicted octanol–water partition coefficient (Wildman–Crippen LogP) is 4.04. The topological polar surface area (TPSA) is 90.6 Å². The molecule has 0 spiro atoms. The van der Waals surface area contributed by atoms with E-state index in [2.05, 4.69) is 20.1 Å². The third-order valence-electron chi connectivity index (χ3n) is 5.62. The number of rotatable bonds is 5. The van der Waals surface area contributed by atoms with E-state index in [0.29, 0.717) is 17.1 Å². The highest BCUT2D eigenvalue weighted by Crippen LogP contribution is 2.29. The van der Waals surface area contributed by atoms with Crippen LogP contribution in [-0.4, -0.2) is 36.4 Å². The zero-order chi connectivity index (χ0) is 23.1. The van der Waals surface area contributed by atoms with E-state index in [1.165, 1.54) is 16.8 Å². The number of aromatic nitrogens is 6. The van der Waals surface area contributed by atoms with E-state index in [-0.39, 0.29) is 22.9 Å². The van der Waals surface area contributed by atoms with E-state index in [0.717, 1.165) is 22.5 Å². The smallest absolute Gasteiger partial charge is 0.295 e. The fourth-order valence-electron chi connectivity index (χ4n) is 3.81. The van der Waals surface area contributed by atoms with Gasteiger partial charge in [-0.2, -0.15) is 5.10 Å². The Balaban J connectivity index is 1.54. The van der Waals surface area contributed by atoms with Gasteiger partial charge in [0.25, 0.3) is 5.56 Å². The van der Waals surface area contributed by atoms with E-state index in [9.17, 15) is 9.18 Å². The number of aryl methyl sites for hydroxylation is 1. The molecule has 8 nitrogen and oxygen atoms in total. The average Bonchev–Trinajstić information content (AvgIpc) is 3.46. The summed E-state index contributed by atoms with van der Waals surface area (Å²) in [5.74, 6) is 0.844. The standard InChI is InChI=1S/C24H21FN6O2/c1-14-12-30(13-26-14)20-9-6-17(10-21(20)33-3)23-28-19-11-27-31(24(32)22(19)29-23)15(2)16-4-7-18(25)8-5-16/h4-13,15H,1-3H3,(H,28,29). The summed E-state index contributed by atoms with van der Waals surface area (Å²) in [6, 6.07) is 11.3. The molecule has 0 fully saturated rings. The highest BCUT2D eigenvalue weighted by Gasteiger charge is 2.17. The molecule has 2 aromatic carbocycles. The second-order valence-electron chi connectivity index (χ2n) is 7.78. The second kappa shape index (κ2) is 8.01. The molecule has 3 aromatic heterocycles. The highest BCUT2D eigenvalue weighted by molar-refractivity contribution is 5.78. The van der Waals surface area contributed by atoms with Crippen LogP contribution in [0.15, 0.2) is 66.0 Å². The van der Waals surface area contributed by atoms with Crippen molar-refractivity contribution >= 4 is 11.0 Å². The van der Waals surface area contributed by atoms with Crippen molar-refractivity contribution in [3.8, 4) is 22.8 Å². The van der Waals surface area contributed by atoms with Crippen LogP contribution < -0.4 is 10.3 Å². The fourth-order valence-corrected chi connectivity index (χ4v) is 3.81. The summed E-state index contributed by atoms with van der Waals surface area (Å²) in [6.07, 6.45) is 5.22. The quantitative estimate of drug-likeness (QED) is 0.442. The first kappa shape index (κ1) is 20.6. The molecule has 0 aliphatic rings. The Bertz CT molecular complexity index is 1520. The van der Waals surface area contributed by atoms with Crippen molar-refractivity contribution in [3.05, 3.63) is 88.6 Å². The second-order valence-corrected chi connectivity index (χ2v) is 7.78. The molecule has 1 atom stereocenters. The Hall–Kier alpha value is -4.27. The minimum atomic E-state index is -0.374. The Morgan fingerprint density at radius 2 is 1.94 bits per heavy atom. The first-order chi connectivity index (χ1) is 15.9. The summed E-state index contributed by atoms with van der Waals surface area (Å²) >= 11 is 0. The van der Waals surface area contributed by atoms with Crippen LogP contribution >= 0.6 is 0 Å². The van der Waals surface area contributed by atoms with Gasteiger partial charge in [-0.3, -0.25) is 4.79 Å². The molecule has 0 radical (unpaired) electrons. The molecule has 1 N–H and O–H groups in total. The van der Waals surface area contributed by atoms with Crippen LogP contribution in [0.2, 0.25) is 0 Å². The summed E-state index contributed by atoms with van der Waals surface area (Å²) in [7, 11) is 1.60. The number of benzene rings is 2. The lowest BCUT2D eigenvalue weighted by atomic mass is 10.1. The van der Waals surface area contributed by atoms with Gasteiger partial charge < -0.3 is 14.3 Å². The monoisotopic (exact) mass is 444 g/mol. The van der Waals surface area contributed by atoms with Crippen LogP contribution in [-0.2, 0) is 0 Å². The Morgan fingerprint density at radius 1 is 1.15 bits per heavy atom. The molecule has 5 rings (SSSR count). The number of nitrogens with one attached hydrogen (secondary N) is 1. The largest absolute Gasteiger partial charge is 0.495 e. The Kier molecular flexibility index (Phi) is 5.01. The summed E-state index contributed by atoms with van der Waals surface area (Å²) in [6.45, 7) is 3.76. The number of H-pyrrole nitrogens is 1. The third-order valence-corrected chi connectivity index (χ3v) is 5.62. The number of imidazole rings is 2. The molecule has 0 aliphatic heterocycles. The van der Waals surface area contributed by atoms with Gasteiger partial charge in [0.15, 0.2) is 5.52 Å². The van der Waals surface area contributed by atoms with Gasteiger partial charge in [-0.15, -0.1) is 0 Å². The van der Waals surface area contributed by atoms with Gasteiger partial charge in [-0.25, -0.2) is 19.0 Å². The van der Waals surface area contributed by atoms with Crippen molar-refractivity contribution in [2.24, 2.45) is 0 Å². The van der Waals surface area contributed by atoms with Crippen LogP contribution in [0.25, 0.3) is 28.1 Å². The summed E-state index contributed by atoms with van der Waals surface area (Å²) in [4.78, 5) is 25.1. The minimum Gasteiger partial charge on any atom is -0.495 e. The number of fused-ring (bicyclic) bond motifs is 1. The molecule has 1 unspecified atom stereocenters. The van der Waals surface area contributed by atoms with Gasteiger partial charge in [-0.05, 0) is 49.7 Å². The predicted molar refractivity (Wildman–Crippen MR) is 122 cm³/mol. The lowest BCUT2D eigenvalue weighted by Crippen LogP contribution is -2.26. The molecule has 0 aliphatic carbocycles. The van der Waals surface area contributed by atoms with Crippen LogP contribution in [0.3, 0.4) is 0 Å². The zero-order valence-corrected chi connectivity index (χ0v) is 18.3. The maximum atomic E-state index is 13.3. The maximum Gasteiger partial charge on any atom is 0.295 e. The molecule has 33 heavy (non-hydrogen) atoms. The molecular weight excluding hydrogens is 423 g/mol. The fraction of sp³-hybridized carbons (Fsp3) is 0.167. The van der Waals surface area contributed by atoms with Crippen molar-refractivity contribution < 1.29 is 9.13 Å². The van der Waals surface area contributed by atoms with Crippen molar-refractivity contribution in [1.82, 2.24) is 29.3 Å². The van der Waals surface area contributed by atoms with Crippen molar-refractivity contribution in [2.75, 3.05) is 7.11 Å². The number of aromatic amines is 1. The molecule has 0 saturated heterocycles. The molecule has 0 amide bonds. The average molecular weight is 444 g/mol. The molecule has 166 valence electrons. The molecular formula is C24H21FN6O2. The van der Waals surface area contributed by atoms with E-state index in [1.807, 2.05) is 42.8 Å². The van der Waals surface area contributed by atoms with Gasteiger partial charge in [-0.1, -0.05) is 12.1 Å². The van der Waals surface area contributed by atoms with E-state index in [1.54, 1.807) is 31.8 Å². The summed E-state index contributed by atoms with van der Waals surface area (Å²) < 4.78 is 22.1. The lowest BCUT2D eigenvalue weighted by Gasteiger charge is -2.13. The van der Waals surface area contributed by atoms with Crippen molar-refractivity contribution in [1.29, 1.82) is 0 Å². The number of halogens is 1. The SMILES string of the molecule is COc1cc(-c2nc3c(=O)n(C(C)c4ccc(F)cc4)ncc3[nH]2)ccc1-n1cnc(C)c1. The van der Waals surface area contributed by atoms with Gasteiger partial charge in [0.05, 0.1) is 42.6 Å². The van der Waals surface area contributed by atoms with Gasteiger partial charge >= 0.3 is 0 Å². The summed E-state index contributed by atoms with van der Waals surface area (Å²) in [5.41, 5.74) is 3.77. The van der Waals surface area contributed by atoms with Crippen LogP contribution in [0.4, 0.5) is 4.39 Å². The van der Waals surface area contributed by atoms with E-state index in [4.69, 9.17) is 4.74 Å². The molecule has 5 aromatic rings. The number of methoxy groups -OCH3 is 1. The van der Waals surface area contributed by atoms with Gasteiger partial charge in [0.2, 0.25) is 0 Å². The Morgan fingerprint density at radius 3 is 2.64 bits per heavy atom. The van der Waals surface area contributed by atoms with Gasteiger partial charge in [0.1, 0.15) is 17.4 Å². The Labute approximate surface area is 188 Å². The highest BCUT2D eigenvalue weighted by atomic mass is 19.1. The summed E-state index contributed by atoms with van der Waals surface area (Å²) in [5, 5.41) is 4.31. The molecule has 0 saturated carbocycles. The first-order valence-corrected chi connectivity index (χ1v) is 10.4. The minimum absolute atomic E-state index is 0.280. The van der Waals surface area contributed by atoms with Crippen LogP contribution in [0, 0.1) is 12.7 Å². The zero-order valence-electron chi connectivity index (χ0n) is 18.3. The van der Waals surface area contributed by atoms with Crippen molar-refractivity contribution in [2.45, 2.75) is 19.9 Å². The first-order valence-electron chi connectivity index (χ1n) is 10.4. The molecule has 3 heterocycles. The van der Waals surface area contributed by atoms with Crippen LogP contribution in [0.1, 0.15) is 24.2 Å². The number of hydrogen-bond acceptors (Lipinski definition) is 5. The third kappa shape index (κ3) is 3.67.